The first-order valence-electron chi connectivity index (χ1n) is 11.2. The smallest absolute Gasteiger partial charge is 0.357 e. The summed E-state index contributed by atoms with van der Waals surface area (Å²) in [5.41, 5.74) is 0.368. The highest BCUT2D eigenvalue weighted by Crippen LogP contribution is 2.35. The Labute approximate surface area is 221 Å². The molecule has 4 rings (SSSR count). The molecule has 0 aliphatic heterocycles. The van der Waals surface area contributed by atoms with Gasteiger partial charge < -0.3 is 20.1 Å². The number of hydrogen-bond acceptors (Lipinski definition) is 9. The van der Waals surface area contributed by atoms with E-state index in [0.717, 1.165) is 27.7 Å². The molecule has 0 saturated heterocycles. The van der Waals surface area contributed by atoms with Crippen molar-refractivity contribution in [2.45, 2.75) is 23.8 Å². The van der Waals surface area contributed by atoms with Crippen molar-refractivity contribution in [2.75, 3.05) is 18.7 Å². The molecule has 0 saturated carbocycles. The molecule has 0 fully saturated rings. The fourth-order valence-corrected chi connectivity index (χ4v) is 5.30. The number of imidazole rings is 1. The second-order valence-electron chi connectivity index (χ2n) is 8.46. The number of aromatic amines is 1. The molecule has 2 aromatic heterocycles. The highest BCUT2D eigenvalue weighted by molar-refractivity contribution is 7.90. The maximum atomic E-state index is 13.6. The molecule has 1 amide bonds. The van der Waals surface area contributed by atoms with Crippen LogP contribution in [0.5, 0.6) is 5.88 Å². The Balaban J connectivity index is 1.76. The number of sulfone groups is 1. The van der Waals surface area contributed by atoms with Crippen molar-refractivity contribution in [2.24, 2.45) is 0 Å². The lowest BCUT2D eigenvalue weighted by atomic mass is 9.92. The van der Waals surface area contributed by atoms with Crippen LogP contribution >= 0.6 is 11.3 Å². The van der Waals surface area contributed by atoms with Gasteiger partial charge in [-0.1, -0.05) is 49.4 Å². The summed E-state index contributed by atoms with van der Waals surface area (Å²) < 4.78 is 29.2. The number of carbonyl (C=O) groups excluding carboxylic acids is 2. The lowest BCUT2D eigenvalue weighted by Crippen LogP contribution is -2.35. The van der Waals surface area contributed by atoms with Gasteiger partial charge in [0.2, 0.25) is 11.8 Å². The van der Waals surface area contributed by atoms with Crippen LogP contribution in [0.2, 0.25) is 0 Å². The first-order chi connectivity index (χ1) is 18.0. The predicted molar refractivity (Wildman–Crippen MR) is 141 cm³/mol. The second-order valence-corrected chi connectivity index (χ2v) is 11.3. The van der Waals surface area contributed by atoms with E-state index in [1.54, 1.807) is 31.2 Å². The van der Waals surface area contributed by atoms with Crippen molar-refractivity contribution < 1.29 is 27.9 Å². The molecule has 3 N–H and O–H groups in total. The zero-order valence-corrected chi connectivity index (χ0v) is 22.2. The number of amides is 1. The average molecular weight is 557 g/mol. The van der Waals surface area contributed by atoms with Gasteiger partial charge in [0, 0.05) is 23.1 Å². The van der Waals surface area contributed by atoms with E-state index in [0.29, 0.717) is 5.56 Å². The zero-order chi connectivity index (χ0) is 27.6. The van der Waals surface area contributed by atoms with Crippen LogP contribution in [0.3, 0.4) is 0 Å². The number of hydrogen-bond donors (Lipinski definition) is 3. The molecule has 0 bridgehead atoms. The monoisotopic (exact) mass is 556 g/mol. The summed E-state index contributed by atoms with van der Waals surface area (Å²) in [6, 6.07) is 13.4. The minimum absolute atomic E-state index is 0.0157. The first-order valence-corrected chi connectivity index (χ1v) is 14.0. The van der Waals surface area contributed by atoms with Crippen LogP contribution in [-0.4, -0.2) is 53.3 Å². The van der Waals surface area contributed by atoms with Crippen molar-refractivity contribution >= 4 is 38.2 Å². The van der Waals surface area contributed by atoms with Crippen LogP contribution in [0.1, 0.15) is 34.9 Å². The Bertz CT molecular complexity index is 1640. The molecule has 0 radical (unpaired) electrons. The molecular weight excluding hydrogens is 532 g/mol. The molecule has 2 atom stereocenters. The summed E-state index contributed by atoms with van der Waals surface area (Å²) in [6.45, 7) is 1.74. The molecule has 0 aliphatic carbocycles. The van der Waals surface area contributed by atoms with Crippen molar-refractivity contribution in [3.63, 3.8) is 0 Å². The van der Waals surface area contributed by atoms with E-state index in [2.05, 4.69) is 20.0 Å². The van der Waals surface area contributed by atoms with E-state index in [-0.39, 0.29) is 21.4 Å². The molecular formula is C25H24N4O7S2. The summed E-state index contributed by atoms with van der Waals surface area (Å²) in [5.74, 6) is -2.40. The standard InChI is InChI=1S/C25H24N4O7S2/c1-14(15-7-5-4-6-8-15)20(21(30)28-24-26-18(13-37-24)23(32)36-2)29-22(31)19(27-25(29)33)16-9-11-17(12-10-16)38(3,34)35/h4-14,20,31H,1-3H3,(H,27,33)(H,26,28,30)/t14-,20-/m0/s1. The number of anilines is 1. The molecule has 4 aromatic rings. The Kier molecular flexibility index (Phi) is 7.51. The molecule has 0 aliphatic rings. The van der Waals surface area contributed by atoms with Crippen LogP contribution in [0.4, 0.5) is 5.13 Å². The predicted octanol–water partition coefficient (Wildman–Crippen LogP) is 3.18. The lowest BCUT2D eigenvalue weighted by Gasteiger charge is -2.24. The second kappa shape index (κ2) is 10.6. The Morgan fingerprint density at radius 2 is 1.79 bits per heavy atom. The van der Waals surface area contributed by atoms with Crippen LogP contribution < -0.4 is 11.0 Å². The molecule has 0 spiro atoms. The average Bonchev–Trinajstić information content (AvgIpc) is 3.48. The number of carbonyl (C=O) groups is 2. The molecule has 38 heavy (non-hydrogen) atoms. The van der Waals surface area contributed by atoms with E-state index in [4.69, 9.17) is 0 Å². The van der Waals surface area contributed by atoms with Crippen LogP contribution in [0.25, 0.3) is 11.3 Å². The van der Waals surface area contributed by atoms with E-state index in [1.807, 2.05) is 6.07 Å². The van der Waals surface area contributed by atoms with Gasteiger partial charge in [-0.05, 0) is 17.7 Å². The largest absolute Gasteiger partial charge is 0.493 e. The number of esters is 1. The number of benzene rings is 2. The van der Waals surface area contributed by atoms with Gasteiger partial charge in [0.15, 0.2) is 20.7 Å². The number of nitrogens with zero attached hydrogens (tertiary/aromatic N) is 2. The number of aromatic nitrogens is 3. The minimum Gasteiger partial charge on any atom is -0.493 e. The van der Waals surface area contributed by atoms with Gasteiger partial charge in [0.25, 0.3) is 0 Å². The Morgan fingerprint density at radius 3 is 2.39 bits per heavy atom. The van der Waals surface area contributed by atoms with E-state index in [1.165, 1.54) is 36.8 Å². The summed E-state index contributed by atoms with van der Waals surface area (Å²) in [5, 5.41) is 15.3. The normalized spacial score (nSPS) is 13.0. The quantitative estimate of drug-likeness (QED) is 0.279. The number of rotatable bonds is 8. The molecule has 2 aromatic carbocycles. The fourth-order valence-electron chi connectivity index (χ4n) is 3.98. The molecule has 13 heteroatoms. The maximum Gasteiger partial charge on any atom is 0.357 e. The number of thiazole rings is 1. The van der Waals surface area contributed by atoms with Crippen LogP contribution in [0, 0.1) is 0 Å². The number of nitrogens with one attached hydrogen (secondary N) is 2. The van der Waals surface area contributed by atoms with Gasteiger partial charge in [-0.25, -0.2) is 27.6 Å². The lowest BCUT2D eigenvalue weighted by molar-refractivity contribution is -0.120. The Hall–Kier alpha value is -4.23. The van der Waals surface area contributed by atoms with Crippen molar-refractivity contribution in [1.82, 2.24) is 14.5 Å². The third kappa shape index (κ3) is 5.38. The number of H-pyrrole nitrogens is 1. The van der Waals surface area contributed by atoms with E-state index >= 15 is 0 Å². The topological polar surface area (TPSA) is 160 Å². The summed E-state index contributed by atoms with van der Waals surface area (Å²) in [4.78, 5) is 45.2. The minimum atomic E-state index is -3.44. The van der Waals surface area contributed by atoms with Crippen molar-refractivity contribution in [1.29, 1.82) is 0 Å². The molecule has 198 valence electrons. The highest BCUT2D eigenvalue weighted by atomic mass is 32.2. The molecule has 2 heterocycles. The third-order valence-corrected chi connectivity index (χ3v) is 7.83. The van der Waals surface area contributed by atoms with Crippen molar-refractivity contribution in [3.05, 3.63) is 81.7 Å². The number of ether oxygens (including phenoxy) is 1. The maximum absolute atomic E-state index is 13.6. The molecule has 0 unspecified atom stereocenters. The molecule has 11 nitrogen and oxygen atoms in total. The fraction of sp³-hybridized carbons (Fsp3) is 0.200. The van der Waals surface area contributed by atoms with Crippen LogP contribution in [-0.2, 0) is 19.4 Å². The van der Waals surface area contributed by atoms with Crippen LogP contribution in [0.15, 0.2) is 69.7 Å². The van der Waals surface area contributed by atoms with E-state index < -0.39 is 45.2 Å². The summed E-state index contributed by atoms with van der Waals surface area (Å²) >= 11 is 1.00. The number of methoxy groups -OCH3 is 1. The van der Waals surface area contributed by atoms with Crippen molar-refractivity contribution in [3.8, 4) is 17.1 Å². The van der Waals surface area contributed by atoms with Gasteiger partial charge in [0.1, 0.15) is 11.7 Å². The van der Waals surface area contributed by atoms with Gasteiger partial charge in [0.05, 0.1) is 12.0 Å². The zero-order valence-electron chi connectivity index (χ0n) is 20.5. The van der Waals surface area contributed by atoms with Gasteiger partial charge in [-0.15, -0.1) is 11.3 Å². The van der Waals surface area contributed by atoms with Gasteiger partial charge in [-0.2, -0.15) is 0 Å². The first kappa shape index (κ1) is 26.8. The Morgan fingerprint density at radius 1 is 1.13 bits per heavy atom. The van der Waals surface area contributed by atoms with Gasteiger partial charge in [-0.3, -0.25) is 4.79 Å². The SMILES string of the molecule is COC(=O)c1csc(NC(=O)[C@H]([C@@H](C)c2ccccc2)n2c(O)c(-c3ccc(S(C)(=O)=O)cc3)[nH]c2=O)n1. The van der Waals surface area contributed by atoms with E-state index in [9.17, 15) is 27.9 Å². The third-order valence-electron chi connectivity index (χ3n) is 5.95. The van der Waals surface area contributed by atoms with Gasteiger partial charge >= 0.3 is 11.7 Å². The number of aromatic hydroxyl groups is 1. The highest BCUT2D eigenvalue weighted by Gasteiger charge is 2.34. The summed E-state index contributed by atoms with van der Waals surface area (Å²) in [7, 11) is -2.23. The summed E-state index contributed by atoms with van der Waals surface area (Å²) in [6.07, 6.45) is 1.07.